The van der Waals surface area contributed by atoms with Gasteiger partial charge in [-0.2, -0.15) is 0 Å². The van der Waals surface area contributed by atoms with Crippen LogP contribution in [0.2, 0.25) is 0 Å². The minimum absolute atomic E-state index is 0.0354. The number of allylic oxidation sites excluding steroid dienone is 1. The van der Waals surface area contributed by atoms with Gasteiger partial charge in [-0.05, 0) is 54.8 Å². The Hall–Kier alpha value is -3.40. The molecule has 0 bridgehead atoms. The number of hydrogen-bond acceptors (Lipinski definition) is 2. The molecule has 3 aromatic carbocycles. The molecule has 0 spiro atoms. The van der Waals surface area contributed by atoms with Crippen LogP contribution in [0.1, 0.15) is 37.9 Å². The van der Waals surface area contributed by atoms with Crippen LogP contribution in [-0.4, -0.2) is 11.8 Å². The van der Waals surface area contributed by atoms with Gasteiger partial charge < -0.3 is 10.6 Å². The molecule has 0 saturated carbocycles. The predicted octanol–water partition coefficient (Wildman–Crippen LogP) is 5.16. The number of anilines is 1. The van der Waals surface area contributed by atoms with Crippen LogP contribution >= 0.6 is 0 Å². The van der Waals surface area contributed by atoms with Gasteiger partial charge in [-0.1, -0.05) is 60.2 Å². The van der Waals surface area contributed by atoms with Crippen LogP contribution in [0.5, 0.6) is 0 Å². The van der Waals surface area contributed by atoms with Crippen LogP contribution in [0, 0.1) is 0 Å². The summed E-state index contributed by atoms with van der Waals surface area (Å²) in [6.07, 6.45) is 1.84. The van der Waals surface area contributed by atoms with Crippen molar-refractivity contribution in [3.05, 3.63) is 89.5 Å². The van der Waals surface area contributed by atoms with Gasteiger partial charge in [-0.3, -0.25) is 9.59 Å². The SMILES string of the molecule is CC(C)=CC(=O)Nc1ccc(CC(=O)N[C@@H](C)c2cccc3ccccc23)cc1. The zero-order valence-electron chi connectivity index (χ0n) is 17.0. The topological polar surface area (TPSA) is 58.2 Å². The molecule has 0 radical (unpaired) electrons. The summed E-state index contributed by atoms with van der Waals surface area (Å²) in [6, 6.07) is 21.6. The average molecular weight is 386 g/mol. The van der Waals surface area contributed by atoms with E-state index in [-0.39, 0.29) is 24.3 Å². The smallest absolute Gasteiger partial charge is 0.248 e. The molecule has 0 unspecified atom stereocenters. The molecule has 4 heteroatoms. The van der Waals surface area contributed by atoms with Gasteiger partial charge >= 0.3 is 0 Å². The summed E-state index contributed by atoms with van der Waals surface area (Å²) < 4.78 is 0. The van der Waals surface area contributed by atoms with E-state index in [1.165, 1.54) is 0 Å². The molecule has 0 aliphatic heterocycles. The molecule has 1 atom stereocenters. The summed E-state index contributed by atoms with van der Waals surface area (Å²) in [6.45, 7) is 5.75. The maximum atomic E-state index is 12.5. The van der Waals surface area contributed by atoms with E-state index < -0.39 is 0 Å². The second kappa shape index (κ2) is 9.20. The molecule has 4 nitrogen and oxygen atoms in total. The monoisotopic (exact) mass is 386 g/mol. The number of hydrogen-bond donors (Lipinski definition) is 2. The number of fused-ring (bicyclic) bond motifs is 1. The van der Waals surface area contributed by atoms with Crippen molar-refractivity contribution >= 4 is 28.3 Å². The Morgan fingerprint density at radius 2 is 1.62 bits per heavy atom. The largest absolute Gasteiger partial charge is 0.349 e. The fourth-order valence-corrected chi connectivity index (χ4v) is 3.33. The fraction of sp³-hybridized carbons (Fsp3) is 0.200. The molecule has 0 aliphatic rings. The van der Waals surface area contributed by atoms with E-state index in [1.54, 1.807) is 6.08 Å². The van der Waals surface area contributed by atoms with E-state index in [9.17, 15) is 9.59 Å². The van der Waals surface area contributed by atoms with Crippen molar-refractivity contribution in [2.75, 3.05) is 5.32 Å². The van der Waals surface area contributed by atoms with Crippen molar-refractivity contribution in [1.82, 2.24) is 5.32 Å². The van der Waals surface area contributed by atoms with Crippen molar-refractivity contribution in [3.63, 3.8) is 0 Å². The van der Waals surface area contributed by atoms with Gasteiger partial charge in [0.15, 0.2) is 0 Å². The number of nitrogens with one attached hydrogen (secondary N) is 2. The minimum Gasteiger partial charge on any atom is -0.349 e. The van der Waals surface area contributed by atoms with Gasteiger partial charge in [0, 0.05) is 11.8 Å². The van der Waals surface area contributed by atoms with Crippen LogP contribution in [0.15, 0.2) is 78.4 Å². The first-order valence-electron chi connectivity index (χ1n) is 9.74. The number of carbonyl (C=O) groups is 2. The maximum Gasteiger partial charge on any atom is 0.248 e. The van der Waals surface area contributed by atoms with Crippen LogP contribution in [0.3, 0.4) is 0 Å². The van der Waals surface area contributed by atoms with Gasteiger partial charge in [0.2, 0.25) is 11.8 Å². The fourth-order valence-electron chi connectivity index (χ4n) is 3.33. The molecule has 2 amide bonds. The molecule has 0 saturated heterocycles. The summed E-state index contributed by atoms with van der Waals surface area (Å²) in [5.41, 5.74) is 3.65. The zero-order chi connectivity index (χ0) is 20.8. The van der Waals surface area contributed by atoms with E-state index in [2.05, 4.69) is 34.9 Å². The summed E-state index contributed by atoms with van der Waals surface area (Å²) in [4.78, 5) is 24.3. The van der Waals surface area contributed by atoms with E-state index in [0.717, 1.165) is 27.5 Å². The molecule has 0 aliphatic carbocycles. The molecular weight excluding hydrogens is 360 g/mol. The van der Waals surface area contributed by atoms with E-state index in [1.807, 2.05) is 63.2 Å². The second-order valence-corrected chi connectivity index (χ2v) is 7.44. The van der Waals surface area contributed by atoms with Gasteiger partial charge in [0.05, 0.1) is 12.5 Å². The predicted molar refractivity (Wildman–Crippen MR) is 119 cm³/mol. The average Bonchev–Trinajstić information content (AvgIpc) is 2.68. The summed E-state index contributed by atoms with van der Waals surface area (Å²) in [5, 5.41) is 8.21. The standard InChI is InChI=1S/C25H26N2O2/c1-17(2)15-24(28)27-21-13-11-19(12-14-21)16-25(29)26-18(3)22-10-6-8-20-7-4-5-9-23(20)22/h4-15,18H,16H2,1-3H3,(H,26,29)(H,27,28)/t18-/m0/s1. The van der Waals surface area contributed by atoms with Crippen LogP contribution in [0.25, 0.3) is 10.8 Å². The first kappa shape index (κ1) is 20.3. The third kappa shape index (κ3) is 5.55. The number of benzene rings is 3. The first-order valence-corrected chi connectivity index (χ1v) is 9.74. The molecule has 3 aromatic rings. The molecule has 148 valence electrons. The highest BCUT2D eigenvalue weighted by molar-refractivity contribution is 5.99. The first-order chi connectivity index (χ1) is 13.9. The Balaban J connectivity index is 1.61. The normalized spacial score (nSPS) is 11.6. The Bertz CT molecular complexity index is 1040. The number of rotatable bonds is 6. The Morgan fingerprint density at radius 3 is 2.34 bits per heavy atom. The Kier molecular flexibility index (Phi) is 6.45. The maximum absolute atomic E-state index is 12.5. The third-order valence-electron chi connectivity index (χ3n) is 4.67. The molecule has 0 heterocycles. The highest BCUT2D eigenvalue weighted by atomic mass is 16.2. The van der Waals surface area contributed by atoms with Crippen molar-refractivity contribution in [1.29, 1.82) is 0 Å². The van der Waals surface area contributed by atoms with E-state index >= 15 is 0 Å². The van der Waals surface area contributed by atoms with Gasteiger partial charge in [0.25, 0.3) is 0 Å². The summed E-state index contributed by atoms with van der Waals surface area (Å²) in [5.74, 6) is -0.189. The van der Waals surface area contributed by atoms with Crippen molar-refractivity contribution in [2.24, 2.45) is 0 Å². The van der Waals surface area contributed by atoms with Crippen LogP contribution in [-0.2, 0) is 16.0 Å². The van der Waals surface area contributed by atoms with Gasteiger partial charge in [0.1, 0.15) is 0 Å². The third-order valence-corrected chi connectivity index (χ3v) is 4.67. The second-order valence-electron chi connectivity index (χ2n) is 7.44. The van der Waals surface area contributed by atoms with Gasteiger partial charge in [-0.25, -0.2) is 0 Å². The molecule has 2 N–H and O–H groups in total. The number of amides is 2. The molecular formula is C25H26N2O2. The molecule has 0 fully saturated rings. The Morgan fingerprint density at radius 1 is 0.931 bits per heavy atom. The van der Waals surface area contributed by atoms with E-state index in [4.69, 9.17) is 0 Å². The lowest BCUT2D eigenvalue weighted by molar-refractivity contribution is -0.121. The van der Waals surface area contributed by atoms with E-state index in [0.29, 0.717) is 5.69 Å². The highest BCUT2D eigenvalue weighted by Gasteiger charge is 2.12. The quantitative estimate of drug-likeness (QED) is 0.575. The Labute approximate surface area is 171 Å². The van der Waals surface area contributed by atoms with Crippen LogP contribution in [0.4, 0.5) is 5.69 Å². The number of carbonyl (C=O) groups excluding carboxylic acids is 2. The molecule has 3 rings (SSSR count). The minimum atomic E-state index is -0.153. The van der Waals surface area contributed by atoms with Crippen molar-refractivity contribution < 1.29 is 9.59 Å². The summed E-state index contributed by atoms with van der Waals surface area (Å²) in [7, 11) is 0. The van der Waals surface area contributed by atoms with Gasteiger partial charge in [-0.15, -0.1) is 0 Å². The highest BCUT2D eigenvalue weighted by Crippen LogP contribution is 2.24. The molecule has 0 aromatic heterocycles. The molecule has 29 heavy (non-hydrogen) atoms. The van der Waals surface area contributed by atoms with Crippen molar-refractivity contribution in [2.45, 2.75) is 33.2 Å². The lowest BCUT2D eigenvalue weighted by atomic mass is 9.99. The van der Waals surface area contributed by atoms with Crippen LogP contribution < -0.4 is 10.6 Å². The lowest BCUT2D eigenvalue weighted by Crippen LogP contribution is -2.28. The van der Waals surface area contributed by atoms with Crippen molar-refractivity contribution in [3.8, 4) is 0 Å². The summed E-state index contributed by atoms with van der Waals surface area (Å²) >= 11 is 0. The lowest BCUT2D eigenvalue weighted by Gasteiger charge is -2.17. The zero-order valence-corrected chi connectivity index (χ0v) is 17.0.